The van der Waals surface area contributed by atoms with E-state index in [-0.39, 0.29) is 12.0 Å². The minimum Gasteiger partial charge on any atom is -0.474 e. The molecule has 2 fully saturated rings. The van der Waals surface area contributed by atoms with Gasteiger partial charge in [0.2, 0.25) is 11.8 Å². The Kier molecular flexibility index (Phi) is 5.43. The molecule has 4 rings (SSSR count). The van der Waals surface area contributed by atoms with E-state index >= 15 is 0 Å². The highest BCUT2D eigenvalue weighted by molar-refractivity contribution is 5.94. The van der Waals surface area contributed by atoms with Crippen LogP contribution in [-0.2, 0) is 4.74 Å². The zero-order valence-electron chi connectivity index (χ0n) is 15.2. The van der Waals surface area contributed by atoms with Crippen molar-refractivity contribution in [3.63, 3.8) is 0 Å². The molecule has 2 aromatic rings. The number of amides is 1. The number of piperazine rings is 1. The molecule has 27 heavy (non-hydrogen) atoms. The first-order chi connectivity index (χ1) is 13.3. The van der Waals surface area contributed by atoms with E-state index in [0.717, 1.165) is 26.1 Å². The largest absolute Gasteiger partial charge is 0.474 e. The van der Waals surface area contributed by atoms with Gasteiger partial charge in [0, 0.05) is 63.7 Å². The summed E-state index contributed by atoms with van der Waals surface area (Å²) in [6.07, 6.45) is 6.95. The molecule has 0 unspecified atom stereocenters. The van der Waals surface area contributed by atoms with Crippen LogP contribution in [0.5, 0.6) is 5.88 Å². The molecule has 2 saturated heterocycles. The van der Waals surface area contributed by atoms with Crippen LogP contribution in [0.15, 0.2) is 36.8 Å². The second-order valence-corrected chi connectivity index (χ2v) is 6.64. The van der Waals surface area contributed by atoms with E-state index in [4.69, 9.17) is 9.47 Å². The standard InChI is InChI=1S/C19H23N5O3/c25-18(23-8-10-24(11-9-23)19-20-6-1-7-21-19)15-2-3-17(22-14-15)27-16-4-12-26-13-5-16/h1-3,6-7,14,16H,4-5,8-13H2. The Morgan fingerprint density at radius 1 is 1.04 bits per heavy atom. The van der Waals surface area contributed by atoms with Crippen LogP contribution in [0.3, 0.4) is 0 Å². The van der Waals surface area contributed by atoms with E-state index in [2.05, 4.69) is 19.9 Å². The van der Waals surface area contributed by atoms with Crippen molar-refractivity contribution >= 4 is 11.9 Å². The van der Waals surface area contributed by atoms with Gasteiger partial charge in [-0.3, -0.25) is 4.79 Å². The van der Waals surface area contributed by atoms with Crippen molar-refractivity contribution in [3.05, 3.63) is 42.4 Å². The monoisotopic (exact) mass is 369 g/mol. The van der Waals surface area contributed by atoms with Gasteiger partial charge in [-0.05, 0) is 12.1 Å². The SMILES string of the molecule is O=C(c1ccc(OC2CCOCC2)nc1)N1CCN(c2ncccn2)CC1. The van der Waals surface area contributed by atoms with Crippen molar-refractivity contribution in [2.24, 2.45) is 0 Å². The summed E-state index contributed by atoms with van der Waals surface area (Å²) in [6, 6.07) is 5.36. The third kappa shape index (κ3) is 4.33. The van der Waals surface area contributed by atoms with E-state index in [9.17, 15) is 4.79 Å². The summed E-state index contributed by atoms with van der Waals surface area (Å²) in [4.78, 5) is 29.5. The molecule has 0 radical (unpaired) electrons. The van der Waals surface area contributed by atoms with E-state index < -0.39 is 0 Å². The first kappa shape index (κ1) is 17.7. The Hall–Kier alpha value is -2.74. The molecule has 0 bridgehead atoms. The van der Waals surface area contributed by atoms with Crippen molar-refractivity contribution in [1.29, 1.82) is 0 Å². The second-order valence-electron chi connectivity index (χ2n) is 6.64. The van der Waals surface area contributed by atoms with Crippen molar-refractivity contribution in [3.8, 4) is 5.88 Å². The number of anilines is 1. The van der Waals surface area contributed by atoms with Crippen LogP contribution in [0.2, 0.25) is 0 Å². The van der Waals surface area contributed by atoms with Crippen LogP contribution in [0, 0.1) is 0 Å². The molecule has 0 aliphatic carbocycles. The molecule has 0 saturated carbocycles. The predicted octanol–water partition coefficient (Wildman–Crippen LogP) is 1.39. The van der Waals surface area contributed by atoms with Crippen LogP contribution in [0.1, 0.15) is 23.2 Å². The molecule has 0 aromatic carbocycles. The maximum Gasteiger partial charge on any atom is 0.255 e. The average Bonchev–Trinajstić information content (AvgIpc) is 2.75. The van der Waals surface area contributed by atoms with Gasteiger partial charge in [0.25, 0.3) is 5.91 Å². The van der Waals surface area contributed by atoms with Gasteiger partial charge in [-0.15, -0.1) is 0 Å². The minimum atomic E-state index is -0.00579. The molecule has 0 atom stereocenters. The molecule has 2 aliphatic heterocycles. The highest BCUT2D eigenvalue weighted by Crippen LogP contribution is 2.17. The lowest BCUT2D eigenvalue weighted by Crippen LogP contribution is -2.49. The maximum absolute atomic E-state index is 12.7. The van der Waals surface area contributed by atoms with Crippen LogP contribution in [-0.4, -0.2) is 71.3 Å². The van der Waals surface area contributed by atoms with E-state index in [1.54, 1.807) is 36.8 Å². The van der Waals surface area contributed by atoms with Crippen LogP contribution < -0.4 is 9.64 Å². The first-order valence-corrected chi connectivity index (χ1v) is 9.31. The number of carbonyl (C=O) groups excluding carboxylic acids is 1. The van der Waals surface area contributed by atoms with Gasteiger partial charge in [0.05, 0.1) is 18.8 Å². The fourth-order valence-corrected chi connectivity index (χ4v) is 3.29. The maximum atomic E-state index is 12.7. The molecule has 8 heteroatoms. The number of rotatable bonds is 4. The lowest BCUT2D eigenvalue weighted by molar-refractivity contribution is 0.0237. The molecule has 2 aliphatic rings. The molecule has 142 valence electrons. The van der Waals surface area contributed by atoms with Gasteiger partial charge in [-0.1, -0.05) is 0 Å². The van der Waals surface area contributed by atoms with Gasteiger partial charge in [0.15, 0.2) is 0 Å². The zero-order valence-corrected chi connectivity index (χ0v) is 15.2. The second kappa shape index (κ2) is 8.30. The van der Waals surface area contributed by atoms with Crippen LogP contribution in [0.25, 0.3) is 0 Å². The summed E-state index contributed by atoms with van der Waals surface area (Å²) in [5, 5.41) is 0. The molecule has 4 heterocycles. The number of nitrogens with zero attached hydrogens (tertiary/aromatic N) is 5. The van der Waals surface area contributed by atoms with Crippen LogP contribution >= 0.6 is 0 Å². The first-order valence-electron chi connectivity index (χ1n) is 9.31. The summed E-state index contributed by atoms with van der Waals surface area (Å²) in [5.74, 6) is 1.26. The lowest BCUT2D eigenvalue weighted by Gasteiger charge is -2.34. The third-order valence-electron chi connectivity index (χ3n) is 4.84. The Balaban J connectivity index is 1.32. The van der Waals surface area contributed by atoms with Gasteiger partial charge in [0.1, 0.15) is 6.10 Å². The van der Waals surface area contributed by atoms with Crippen molar-refractivity contribution in [1.82, 2.24) is 19.9 Å². The quantitative estimate of drug-likeness (QED) is 0.806. The van der Waals surface area contributed by atoms with Gasteiger partial charge in [-0.2, -0.15) is 0 Å². The van der Waals surface area contributed by atoms with Crippen LogP contribution in [0.4, 0.5) is 5.95 Å². The van der Waals surface area contributed by atoms with Gasteiger partial charge < -0.3 is 19.3 Å². The molecule has 1 amide bonds. The molecule has 2 aromatic heterocycles. The van der Waals surface area contributed by atoms with Crippen molar-refractivity contribution in [2.45, 2.75) is 18.9 Å². The molecule has 8 nitrogen and oxygen atoms in total. The summed E-state index contributed by atoms with van der Waals surface area (Å²) < 4.78 is 11.2. The summed E-state index contributed by atoms with van der Waals surface area (Å²) in [7, 11) is 0. The van der Waals surface area contributed by atoms with Gasteiger partial charge >= 0.3 is 0 Å². The third-order valence-corrected chi connectivity index (χ3v) is 4.84. The molecule has 0 N–H and O–H groups in total. The number of hydrogen-bond acceptors (Lipinski definition) is 7. The van der Waals surface area contributed by atoms with E-state index in [1.807, 2.05) is 4.90 Å². The Bertz CT molecular complexity index is 742. The average molecular weight is 369 g/mol. The highest BCUT2D eigenvalue weighted by atomic mass is 16.5. The van der Waals surface area contributed by atoms with E-state index in [0.29, 0.717) is 43.6 Å². The van der Waals surface area contributed by atoms with Gasteiger partial charge in [-0.25, -0.2) is 15.0 Å². The number of carbonyl (C=O) groups is 1. The van der Waals surface area contributed by atoms with E-state index in [1.165, 1.54) is 0 Å². The molecule has 0 spiro atoms. The van der Waals surface area contributed by atoms with Crippen molar-refractivity contribution < 1.29 is 14.3 Å². The van der Waals surface area contributed by atoms with Crippen molar-refractivity contribution in [2.75, 3.05) is 44.3 Å². The molecular weight excluding hydrogens is 346 g/mol. The summed E-state index contributed by atoms with van der Waals surface area (Å²) in [6.45, 7) is 4.15. The predicted molar refractivity (Wildman–Crippen MR) is 98.9 cm³/mol. The highest BCUT2D eigenvalue weighted by Gasteiger charge is 2.24. The fraction of sp³-hybridized carbons (Fsp3) is 0.474. The minimum absolute atomic E-state index is 0.00579. The smallest absolute Gasteiger partial charge is 0.255 e. The Labute approximate surface area is 158 Å². The Morgan fingerprint density at radius 3 is 2.44 bits per heavy atom. The topological polar surface area (TPSA) is 80.7 Å². The Morgan fingerprint density at radius 2 is 1.78 bits per heavy atom. The summed E-state index contributed by atoms with van der Waals surface area (Å²) >= 11 is 0. The zero-order chi connectivity index (χ0) is 18.5. The normalized spacial score (nSPS) is 18.4. The summed E-state index contributed by atoms with van der Waals surface area (Å²) in [5.41, 5.74) is 0.582. The number of ether oxygens (including phenoxy) is 2. The molecular formula is C19H23N5O3. The number of aromatic nitrogens is 3. The fourth-order valence-electron chi connectivity index (χ4n) is 3.29. The number of hydrogen-bond donors (Lipinski definition) is 0. The number of pyridine rings is 1. The lowest BCUT2D eigenvalue weighted by atomic mass is 10.1.